The van der Waals surface area contributed by atoms with Gasteiger partial charge in [0.25, 0.3) is 6.01 Å². The summed E-state index contributed by atoms with van der Waals surface area (Å²) in [7, 11) is 0. The predicted molar refractivity (Wildman–Crippen MR) is 81.4 cm³/mol. The van der Waals surface area contributed by atoms with Crippen LogP contribution < -0.4 is 4.90 Å². The molecule has 5 nitrogen and oxygen atoms in total. The molecule has 0 bridgehead atoms. The van der Waals surface area contributed by atoms with Gasteiger partial charge in [0, 0.05) is 38.7 Å². The van der Waals surface area contributed by atoms with Crippen LogP contribution in [0.2, 0.25) is 0 Å². The van der Waals surface area contributed by atoms with E-state index in [2.05, 4.69) is 4.98 Å². The lowest BCUT2D eigenvalue weighted by molar-refractivity contribution is -0.137. The molecule has 0 aliphatic carbocycles. The number of alkyl halides is 3. The van der Waals surface area contributed by atoms with Crippen LogP contribution in [0, 0.1) is 0 Å². The molecule has 0 radical (unpaired) electrons. The highest BCUT2D eigenvalue weighted by Gasteiger charge is 2.31. The standard InChI is InChI=1S/C16H16F3N3O2/c1-11(23)21-5-7-22(8-6-21)15-20-10-14(24-15)12-3-2-4-13(9-12)16(17,18)19/h2-4,9-10H,5-8H2,1H3. The minimum Gasteiger partial charge on any atom is -0.423 e. The van der Waals surface area contributed by atoms with Gasteiger partial charge in [-0.25, -0.2) is 4.98 Å². The molecule has 3 rings (SSSR count). The summed E-state index contributed by atoms with van der Waals surface area (Å²) in [6.07, 6.45) is -2.98. The van der Waals surface area contributed by atoms with Crippen molar-refractivity contribution >= 4 is 11.9 Å². The SMILES string of the molecule is CC(=O)N1CCN(c2ncc(-c3cccc(C(F)(F)F)c3)o2)CC1. The molecule has 0 atom stereocenters. The molecule has 0 unspecified atom stereocenters. The van der Waals surface area contributed by atoms with Crippen molar-refractivity contribution in [3.63, 3.8) is 0 Å². The smallest absolute Gasteiger partial charge is 0.416 e. The van der Waals surface area contributed by atoms with Crippen LogP contribution in [0.5, 0.6) is 0 Å². The van der Waals surface area contributed by atoms with E-state index in [1.165, 1.54) is 19.2 Å². The highest BCUT2D eigenvalue weighted by molar-refractivity contribution is 5.73. The van der Waals surface area contributed by atoms with Gasteiger partial charge >= 0.3 is 6.18 Å². The van der Waals surface area contributed by atoms with E-state index in [1.54, 1.807) is 11.0 Å². The second-order valence-corrected chi connectivity index (χ2v) is 5.58. The Morgan fingerprint density at radius 1 is 1.21 bits per heavy atom. The van der Waals surface area contributed by atoms with Crippen molar-refractivity contribution in [1.29, 1.82) is 0 Å². The maximum atomic E-state index is 12.8. The fourth-order valence-corrected chi connectivity index (χ4v) is 2.61. The zero-order valence-corrected chi connectivity index (χ0v) is 13.0. The van der Waals surface area contributed by atoms with Crippen LogP contribution in [0.25, 0.3) is 11.3 Å². The number of hydrogen-bond donors (Lipinski definition) is 0. The number of amides is 1. The molecule has 2 aromatic rings. The monoisotopic (exact) mass is 339 g/mol. The molecule has 1 aliphatic heterocycles. The quantitative estimate of drug-likeness (QED) is 0.844. The molecule has 0 spiro atoms. The number of rotatable bonds is 2. The van der Waals surface area contributed by atoms with Gasteiger partial charge in [-0.3, -0.25) is 4.79 Å². The Bertz CT molecular complexity index is 734. The number of carbonyl (C=O) groups excluding carboxylic acids is 1. The minimum absolute atomic E-state index is 0.0201. The lowest BCUT2D eigenvalue weighted by Crippen LogP contribution is -2.48. The molecule has 1 aromatic heterocycles. The lowest BCUT2D eigenvalue weighted by atomic mass is 10.1. The first-order chi connectivity index (χ1) is 11.3. The molecule has 1 saturated heterocycles. The molecule has 1 amide bonds. The number of oxazole rings is 1. The maximum Gasteiger partial charge on any atom is 0.416 e. The zero-order valence-electron chi connectivity index (χ0n) is 13.0. The molecule has 1 fully saturated rings. The molecular formula is C16H16F3N3O2. The first kappa shape index (κ1) is 16.4. The minimum atomic E-state index is -4.40. The van der Waals surface area contributed by atoms with Crippen LogP contribution >= 0.6 is 0 Å². The van der Waals surface area contributed by atoms with Gasteiger partial charge in [0.05, 0.1) is 11.8 Å². The van der Waals surface area contributed by atoms with Gasteiger partial charge in [0.15, 0.2) is 5.76 Å². The molecule has 128 valence electrons. The second kappa shape index (κ2) is 6.18. The van der Waals surface area contributed by atoms with Crippen LogP contribution in [0.4, 0.5) is 19.2 Å². The van der Waals surface area contributed by atoms with E-state index in [0.717, 1.165) is 12.1 Å². The highest BCUT2D eigenvalue weighted by atomic mass is 19.4. The molecule has 24 heavy (non-hydrogen) atoms. The summed E-state index contributed by atoms with van der Waals surface area (Å²) >= 11 is 0. The van der Waals surface area contributed by atoms with Gasteiger partial charge in [0.2, 0.25) is 5.91 Å². The van der Waals surface area contributed by atoms with Crippen molar-refractivity contribution in [3.8, 4) is 11.3 Å². The average molecular weight is 339 g/mol. The molecular weight excluding hydrogens is 323 g/mol. The first-order valence-corrected chi connectivity index (χ1v) is 7.48. The summed E-state index contributed by atoms with van der Waals surface area (Å²) in [5.41, 5.74) is -0.404. The first-order valence-electron chi connectivity index (χ1n) is 7.48. The van der Waals surface area contributed by atoms with Crippen molar-refractivity contribution in [3.05, 3.63) is 36.0 Å². The summed E-state index contributed by atoms with van der Waals surface area (Å²) in [4.78, 5) is 19.1. The van der Waals surface area contributed by atoms with Crippen LogP contribution in [0.15, 0.2) is 34.9 Å². The number of piperazine rings is 1. The fourth-order valence-electron chi connectivity index (χ4n) is 2.61. The highest BCUT2D eigenvalue weighted by Crippen LogP contribution is 2.33. The fraction of sp³-hybridized carbons (Fsp3) is 0.375. The Labute approximate surface area is 136 Å². The number of hydrogen-bond acceptors (Lipinski definition) is 4. The van der Waals surface area contributed by atoms with E-state index < -0.39 is 11.7 Å². The summed E-state index contributed by atoms with van der Waals surface area (Å²) < 4.78 is 44.0. The van der Waals surface area contributed by atoms with Gasteiger partial charge in [-0.2, -0.15) is 13.2 Å². The molecule has 2 heterocycles. The molecule has 8 heteroatoms. The topological polar surface area (TPSA) is 49.6 Å². The van der Waals surface area contributed by atoms with Crippen molar-refractivity contribution < 1.29 is 22.4 Å². The van der Waals surface area contributed by atoms with Crippen LogP contribution in [0.3, 0.4) is 0 Å². The third-order valence-corrected chi connectivity index (χ3v) is 3.96. The van der Waals surface area contributed by atoms with E-state index in [9.17, 15) is 18.0 Å². The van der Waals surface area contributed by atoms with Crippen LogP contribution in [0.1, 0.15) is 12.5 Å². The number of halogens is 3. The largest absolute Gasteiger partial charge is 0.423 e. The van der Waals surface area contributed by atoms with Crippen molar-refractivity contribution in [1.82, 2.24) is 9.88 Å². The number of nitrogens with zero attached hydrogens (tertiary/aromatic N) is 3. The summed E-state index contributed by atoms with van der Waals surface area (Å²) in [6.45, 7) is 3.80. The molecule has 0 saturated carbocycles. The van der Waals surface area contributed by atoms with Gasteiger partial charge in [-0.1, -0.05) is 12.1 Å². The normalized spacial score (nSPS) is 15.7. The Morgan fingerprint density at radius 3 is 2.54 bits per heavy atom. The van der Waals surface area contributed by atoms with Gasteiger partial charge in [0.1, 0.15) is 0 Å². The Morgan fingerprint density at radius 2 is 1.92 bits per heavy atom. The van der Waals surface area contributed by atoms with Crippen molar-refractivity contribution in [2.45, 2.75) is 13.1 Å². The van der Waals surface area contributed by atoms with Gasteiger partial charge in [-0.05, 0) is 12.1 Å². The maximum absolute atomic E-state index is 12.8. The molecule has 1 aliphatic rings. The van der Waals surface area contributed by atoms with Crippen LogP contribution in [-0.4, -0.2) is 42.0 Å². The zero-order chi connectivity index (χ0) is 17.3. The third-order valence-electron chi connectivity index (χ3n) is 3.96. The number of aromatic nitrogens is 1. The van der Waals surface area contributed by atoms with Gasteiger partial charge < -0.3 is 14.2 Å². The summed E-state index contributed by atoms with van der Waals surface area (Å²) in [6, 6.07) is 5.30. The molecule has 0 N–H and O–H groups in total. The number of anilines is 1. The lowest BCUT2D eigenvalue weighted by Gasteiger charge is -2.33. The Kier molecular flexibility index (Phi) is 4.21. The van der Waals surface area contributed by atoms with Crippen molar-refractivity contribution in [2.75, 3.05) is 31.1 Å². The van der Waals surface area contributed by atoms with Crippen LogP contribution in [-0.2, 0) is 11.0 Å². The van der Waals surface area contributed by atoms with E-state index in [4.69, 9.17) is 4.42 Å². The average Bonchev–Trinajstić information content (AvgIpc) is 3.04. The predicted octanol–water partition coefficient (Wildman–Crippen LogP) is 3.03. The second-order valence-electron chi connectivity index (χ2n) is 5.58. The van der Waals surface area contributed by atoms with Gasteiger partial charge in [-0.15, -0.1) is 0 Å². The molecule has 1 aromatic carbocycles. The number of carbonyl (C=O) groups is 1. The van der Waals surface area contributed by atoms with E-state index >= 15 is 0 Å². The van der Waals surface area contributed by atoms with Crippen molar-refractivity contribution in [2.24, 2.45) is 0 Å². The number of benzene rings is 1. The van der Waals surface area contributed by atoms with E-state index in [0.29, 0.717) is 37.8 Å². The van der Waals surface area contributed by atoms with E-state index in [-0.39, 0.29) is 11.7 Å². The summed E-state index contributed by atoms with van der Waals surface area (Å²) in [5, 5.41) is 0. The third kappa shape index (κ3) is 3.37. The van der Waals surface area contributed by atoms with E-state index in [1.807, 2.05) is 4.90 Å². The Balaban J connectivity index is 1.76. The Hall–Kier alpha value is -2.51. The summed E-state index contributed by atoms with van der Waals surface area (Å²) in [5.74, 6) is 0.303.